The summed E-state index contributed by atoms with van der Waals surface area (Å²) in [5, 5.41) is 13.4. The molecule has 1 aliphatic carbocycles. The summed E-state index contributed by atoms with van der Waals surface area (Å²) in [7, 11) is 1.38. The zero-order valence-corrected chi connectivity index (χ0v) is 9.30. The molecular weight excluding hydrogens is 224 g/mol. The highest BCUT2D eigenvalue weighted by atomic mass is 16.6. The van der Waals surface area contributed by atoms with Crippen molar-refractivity contribution in [1.82, 2.24) is 5.32 Å². The predicted octanol–water partition coefficient (Wildman–Crippen LogP) is 1.50. The number of nitrogens with one attached hydrogen (secondary N) is 1. The number of hydrogen-bond donors (Lipinski definition) is 1. The molecule has 0 bridgehead atoms. The van der Waals surface area contributed by atoms with Gasteiger partial charge in [-0.15, -0.1) is 0 Å². The normalized spacial score (nSPS) is 14.2. The molecule has 1 N–H and O–H groups in total. The second kappa shape index (κ2) is 4.40. The predicted molar refractivity (Wildman–Crippen MR) is 60.1 cm³/mol. The summed E-state index contributed by atoms with van der Waals surface area (Å²) in [6.45, 7) is 0. The van der Waals surface area contributed by atoms with Gasteiger partial charge in [-0.25, -0.2) is 0 Å². The van der Waals surface area contributed by atoms with Gasteiger partial charge in [-0.2, -0.15) is 0 Å². The van der Waals surface area contributed by atoms with Gasteiger partial charge in [0.25, 0.3) is 11.6 Å². The second-order valence-electron chi connectivity index (χ2n) is 3.89. The van der Waals surface area contributed by atoms with E-state index in [1.54, 1.807) is 0 Å². The van der Waals surface area contributed by atoms with Crippen LogP contribution >= 0.6 is 0 Å². The minimum atomic E-state index is -0.523. The van der Waals surface area contributed by atoms with Crippen LogP contribution in [0, 0.1) is 10.1 Å². The van der Waals surface area contributed by atoms with Crippen molar-refractivity contribution in [3.8, 4) is 5.75 Å². The Hall–Kier alpha value is -2.11. The Kier molecular flexibility index (Phi) is 2.95. The number of benzene rings is 1. The second-order valence-corrected chi connectivity index (χ2v) is 3.89. The number of hydrogen-bond acceptors (Lipinski definition) is 4. The van der Waals surface area contributed by atoms with E-state index in [1.165, 1.54) is 25.3 Å². The zero-order chi connectivity index (χ0) is 12.4. The number of amides is 1. The van der Waals surface area contributed by atoms with Crippen LogP contribution in [-0.4, -0.2) is 24.0 Å². The van der Waals surface area contributed by atoms with Gasteiger partial charge >= 0.3 is 0 Å². The summed E-state index contributed by atoms with van der Waals surface area (Å²) >= 11 is 0. The summed E-state index contributed by atoms with van der Waals surface area (Å²) in [5.41, 5.74) is 0.231. The van der Waals surface area contributed by atoms with Crippen LogP contribution in [0.1, 0.15) is 23.2 Å². The number of carbonyl (C=O) groups is 1. The molecule has 90 valence electrons. The first-order valence-corrected chi connectivity index (χ1v) is 5.25. The van der Waals surface area contributed by atoms with E-state index in [9.17, 15) is 14.9 Å². The van der Waals surface area contributed by atoms with Gasteiger partial charge < -0.3 is 10.1 Å². The lowest BCUT2D eigenvalue weighted by Crippen LogP contribution is -2.25. The van der Waals surface area contributed by atoms with Crippen molar-refractivity contribution >= 4 is 11.6 Å². The van der Waals surface area contributed by atoms with Gasteiger partial charge in [-0.05, 0) is 18.9 Å². The number of nitro benzene ring substituents is 1. The summed E-state index contributed by atoms with van der Waals surface area (Å²) in [6, 6.07) is 4.20. The first-order chi connectivity index (χ1) is 8.11. The molecule has 1 amide bonds. The lowest BCUT2D eigenvalue weighted by molar-refractivity contribution is -0.384. The molecular formula is C11H12N2O4. The quantitative estimate of drug-likeness (QED) is 0.634. The topological polar surface area (TPSA) is 81.5 Å². The third-order valence-corrected chi connectivity index (χ3v) is 2.55. The molecule has 0 heterocycles. The number of nitrogens with zero attached hydrogens (tertiary/aromatic N) is 1. The van der Waals surface area contributed by atoms with Crippen molar-refractivity contribution in [2.24, 2.45) is 0 Å². The Morgan fingerprint density at radius 2 is 2.24 bits per heavy atom. The van der Waals surface area contributed by atoms with Crippen LogP contribution < -0.4 is 10.1 Å². The first kappa shape index (κ1) is 11.4. The zero-order valence-electron chi connectivity index (χ0n) is 9.30. The van der Waals surface area contributed by atoms with E-state index in [-0.39, 0.29) is 23.4 Å². The summed E-state index contributed by atoms with van der Waals surface area (Å²) in [6.07, 6.45) is 1.97. The molecule has 0 atom stereocenters. The molecule has 6 heteroatoms. The molecule has 1 saturated carbocycles. The van der Waals surface area contributed by atoms with E-state index in [1.807, 2.05) is 0 Å². The maximum atomic E-state index is 11.8. The van der Waals surface area contributed by atoms with Crippen molar-refractivity contribution in [1.29, 1.82) is 0 Å². The van der Waals surface area contributed by atoms with Crippen LogP contribution in [0.2, 0.25) is 0 Å². The number of carbonyl (C=O) groups excluding carboxylic acids is 1. The Balaban J connectivity index is 2.26. The lowest BCUT2D eigenvalue weighted by atomic mass is 10.1. The molecule has 0 aliphatic heterocycles. The van der Waals surface area contributed by atoms with E-state index in [2.05, 4.69) is 5.32 Å². The molecule has 1 fully saturated rings. The van der Waals surface area contributed by atoms with E-state index in [0.717, 1.165) is 12.8 Å². The average molecular weight is 236 g/mol. The standard InChI is InChI=1S/C11H12N2O4/c1-17-10-6-8(13(15)16)4-5-9(10)11(14)12-7-2-3-7/h4-7H,2-3H2,1H3,(H,12,14). The fourth-order valence-corrected chi connectivity index (χ4v) is 1.47. The average Bonchev–Trinajstić information content (AvgIpc) is 3.11. The molecule has 1 aromatic carbocycles. The van der Waals surface area contributed by atoms with Crippen LogP contribution in [0.4, 0.5) is 5.69 Å². The number of rotatable bonds is 4. The minimum absolute atomic E-state index is 0.0928. The van der Waals surface area contributed by atoms with Gasteiger partial charge in [-0.3, -0.25) is 14.9 Å². The number of methoxy groups -OCH3 is 1. The monoisotopic (exact) mass is 236 g/mol. The maximum absolute atomic E-state index is 11.8. The fraction of sp³-hybridized carbons (Fsp3) is 0.364. The van der Waals surface area contributed by atoms with E-state index < -0.39 is 4.92 Å². The molecule has 0 saturated heterocycles. The van der Waals surface area contributed by atoms with Crippen molar-refractivity contribution in [2.45, 2.75) is 18.9 Å². The minimum Gasteiger partial charge on any atom is -0.496 e. The first-order valence-electron chi connectivity index (χ1n) is 5.25. The third-order valence-electron chi connectivity index (χ3n) is 2.55. The van der Waals surface area contributed by atoms with Crippen molar-refractivity contribution in [3.63, 3.8) is 0 Å². The number of nitro groups is 1. The molecule has 1 aliphatic rings. The molecule has 0 unspecified atom stereocenters. The van der Waals surface area contributed by atoms with Gasteiger partial charge in [0.1, 0.15) is 5.75 Å². The van der Waals surface area contributed by atoms with Crippen LogP contribution in [0.5, 0.6) is 5.75 Å². The molecule has 0 spiro atoms. The summed E-state index contributed by atoms with van der Waals surface area (Å²) in [5.74, 6) is -0.0309. The number of ether oxygens (including phenoxy) is 1. The van der Waals surface area contributed by atoms with Crippen molar-refractivity contribution in [3.05, 3.63) is 33.9 Å². The van der Waals surface area contributed by atoms with Gasteiger partial charge in [0, 0.05) is 12.1 Å². The largest absolute Gasteiger partial charge is 0.496 e. The fourth-order valence-electron chi connectivity index (χ4n) is 1.47. The Labute approximate surface area is 97.7 Å². The molecule has 17 heavy (non-hydrogen) atoms. The number of non-ortho nitro benzene ring substituents is 1. The molecule has 1 aromatic rings. The SMILES string of the molecule is COc1cc([N+](=O)[O-])ccc1C(=O)NC1CC1. The van der Waals surface area contributed by atoms with Crippen molar-refractivity contribution in [2.75, 3.05) is 7.11 Å². The molecule has 0 aromatic heterocycles. The van der Waals surface area contributed by atoms with Gasteiger partial charge in [0.2, 0.25) is 0 Å². The Bertz CT molecular complexity index is 469. The third kappa shape index (κ3) is 2.52. The smallest absolute Gasteiger partial charge is 0.273 e. The van der Waals surface area contributed by atoms with Gasteiger partial charge in [0.05, 0.1) is 23.7 Å². The molecule has 2 rings (SSSR count). The van der Waals surface area contributed by atoms with Gasteiger partial charge in [0.15, 0.2) is 0 Å². The van der Waals surface area contributed by atoms with Crippen LogP contribution in [0.25, 0.3) is 0 Å². The van der Waals surface area contributed by atoms with Crippen LogP contribution in [0.15, 0.2) is 18.2 Å². The van der Waals surface area contributed by atoms with Gasteiger partial charge in [-0.1, -0.05) is 0 Å². The summed E-state index contributed by atoms with van der Waals surface area (Å²) in [4.78, 5) is 21.9. The highest BCUT2D eigenvalue weighted by molar-refractivity contribution is 5.97. The lowest BCUT2D eigenvalue weighted by Gasteiger charge is -2.08. The molecule has 6 nitrogen and oxygen atoms in total. The molecule has 0 radical (unpaired) electrons. The van der Waals surface area contributed by atoms with Crippen molar-refractivity contribution < 1.29 is 14.5 Å². The van der Waals surface area contributed by atoms with E-state index >= 15 is 0 Å². The van der Waals surface area contributed by atoms with Crippen LogP contribution in [0.3, 0.4) is 0 Å². The van der Waals surface area contributed by atoms with E-state index in [4.69, 9.17) is 4.74 Å². The van der Waals surface area contributed by atoms with Crippen LogP contribution in [-0.2, 0) is 0 Å². The highest BCUT2D eigenvalue weighted by Gasteiger charge is 2.25. The highest BCUT2D eigenvalue weighted by Crippen LogP contribution is 2.26. The Morgan fingerprint density at radius 3 is 2.76 bits per heavy atom. The van der Waals surface area contributed by atoms with E-state index in [0.29, 0.717) is 5.56 Å². The Morgan fingerprint density at radius 1 is 1.53 bits per heavy atom. The summed E-state index contributed by atoms with van der Waals surface area (Å²) < 4.78 is 4.99. The maximum Gasteiger partial charge on any atom is 0.273 e.